The fourth-order valence-electron chi connectivity index (χ4n) is 3.07. The van der Waals surface area contributed by atoms with Crippen LogP contribution in [-0.2, 0) is 30.2 Å². The molecule has 33 heavy (non-hydrogen) atoms. The second kappa shape index (κ2) is 11.5. The van der Waals surface area contributed by atoms with Crippen LogP contribution in [0.15, 0.2) is 12.7 Å². The molecule has 0 spiro atoms. The summed E-state index contributed by atoms with van der Waals surface area (Å²) in [7, 11) is -3.54. The van der Waals surface area contributed by atoms with Gasteiger partial charge in [0.25, 0.3) is 0 Å². The Morgan fingerprint density at radius 3 is 2.52 bits per heavy atom. The molecule has 0 unspecified atom stereocenters. The summed E-state index contributed by atoms with van der Waals surface area (Å²) in [4.78, 5) is 35.5. The lowest BCUT2D eigenvalue weighted by Gasteiger charge is -2.28. The smallest absolute Gasteiger partial charge is 0.323 e. The van der Waals surface area contributed by atoms with Gasteiger partial charge in [-0.1, -0.05) is 0 Å². The Morgan fingerprint density at radius 2 is 1.88 bits per heavy atom. The Hall–Kier alpha value is -2.60. The minimum atomic E-state index is -3.54. The molecule has 13 nitrogen and oxygen atoms in total. The molecule has 2 rings (SSSR count). The normalized spacial score (nSPS) is 16.3. The molecule has 0 saturated carbocycles. The van der Waals surface area contributed by atoms with Gasteiger partial charge in [0.2, 0.25) is 7.44 Å². The first-order valence-electron chi connectivity index (χ1n) is 10.5. The van der Waals surface area contributed by atoms with Crippen molar-refractivity contribution in [2.45, 2.75) is 71.9 Å². The number of nitrogen functional groups attached to an aromatic ring is 1. The Labute approximate surface area is 191 Å². The van der Waals surface area contributed by atoms with Crippen LogP contribution in [0.1, 0.15) is 41.0 Å². The molecule has 184 valence electrons. The molecular formula is C19H32N7O6P. The van der Waals surface area contributed by atoms with E-state index >= 15 is 0 Å². The van der Waals surface area contributed by atoms with Crippen LogP contribution in [0.3, 0.4) is 0 Å². The predicted octanol–water partition coefficient (Wildman–Crippen LogP) is 1.35. The number of ether oxygens (including phenoxy) is 2. The summed E-state index contributed by atoms with van der Waals surface area (Å²) in [5.41, 5.74) is 6.82. The van der Waals surface area contributed by atoms with Crippen molar-refractivity contribution in [1.82, 2.24) is 29.7 Å². The van der Waals surface area contributed by atoms with Gasteiger partial charge >= 0.3 is 11.9 Å². The van der Waals surface area contributed by atoms with E-state index < -0.39 is 37.6 Å². The first kappa shape index (κ1) is 26.7. The second-order valence-electron chi connectivity index (χ2n) is 8.14. The van der Waals surface area contributed by atoms with Crippen molar-refractivity contribution in [1.29, 1.82) is 0 Å². The number of anilines is 1. The molecule has 5 N–H and O–H groups in total. The van der Waals surface area contributed by atoms with E-state index in [9.17, 15) is 14.2 Å². The third-order valence-electron chi connectivity index (χ3n) is 4.44. The largest absolute Gasteiger partial charge is 0.481 e. The molecule has 0 aromatic carbocycles. The van der Waals surface area contributed by atoms with E-state index in [1.54, 1.807) is 38.6 Å². The molecule has 14 heteroatoms. The minimum Gasteiger partial charge on any atom is -0.481 e. The van der Waals surface area contributed by atoms with Gasteiger partial charge in [-0.3, -0.25) is 14.2 Å². The zero-order valence-electron chi connectivity index (χ0n) is 19.4. The number of carboxylic acids is 1. The van der Waals surface area contributed by atoms with E-state index in [0.29, 0.717) is 17.7 Å². The van der Waals surface area contributed by atoms with Gasteiger partial charge in [-0.15, -0.1) is 0 Å². The highest BCUT2D eigenvalue weighted by Crippen LogP contribution is 2.38. The van der Waals surface area contributed by atoms with Crippen LogP contribution in [0.2, 0.25) is 0 Å². The lowest BCUT2D eigenvalue weighted by Crippen LogP contribution is -2.41. The van der Waals surface area contributed by atoms with Gasteiger partial charge < -0.3 is 24.9 Å². The summed E-state index contributed by atoms with van der Waals surface area (Å²) < 4.78 is 26.3. The number of aromatic nitrogens is 4. The van der Waals surface area contributed by atoms with Crippen molar-refractivity contribution in [3.05, 3.63) is 12.7 Å². The third kappa shape index (κ3) is 8.04. The lowest BCUT2D eigenvalue weighted by atomic mass is 10.3. The standard InChI is InChI=1S/C19H32N7O6P/c1-11(2)32-19(29)14(5)25-33(30,24-12(3)6-15(27)28)10-31-13(4)7-26-9-23-16-17(20)21-8-22-18(16)26/h8-9,11-14H,6-7,10H2,1-5H3,(H,27,28)(H2,20,21,22)(H2,24,25,30)/t12-,13+,14-,33-/m0/s1. The lowest BCUT2D eigenvalue weighted by molar-refractivity contribution is -0.149. The number of imidazole rings is 1. The molecule has 0 aliphatic heterocycles. The SMILES string of the molecule is CC(C)OC(=O)[C@H](C)N[P@](=O)(CO[C@H](C)Cn1cnc2c(N)ncnc21)N[C@@H](C)CC(=O)O. The number of hydrogen-bond donors (Lipinski definition) is 4. The number of carboxylic acid groups (broad SMARTS) is 1. The number of rotatable bonds is 13. The molecule has 0 bridgehead atoms. The van der Waals surface area contributed by atoms with Crippen molar-refractivity contribution in [2.75, 3.05) is 12.1 Å². The van der Waals surface area contributed by atoms with Crippen LogP contribution in [0.4, 0.5) is 5.82 Å². The highest BCUT2D eigenvalue weighted by Gasteiger charge is 2.31. The van der Waals surface area contributed by atoms with Gasteiger partial charge in [0.05, 0.1) is 31.5 Å². The highest BCUT2D eigenvalue weighted by molar-refractivity contribution is 7.59. The number of nitrogens with two attached hydrogens (primary N) is 1. The van der Waals surface area contributed by atoms with Crippen molar-refractivity contribution in [3.8, 4) is 0 Å². The molecule has 0 aliphatic carbocycles. The average Bonchev–Trinajstić information content (AvgIpc) is 3.09. The number of carbonyl (C=O) groups is 2. The van der Waals surface area contributed by atoms with Crippen molar-refractivity contribution < 1.29 is 28.7 Å². The fourth-order valence-corrected chi connectivity index (χ4v) is 5.29. The Morgan fingerprint density at radius 1 is 1.18 bits per heavy atom. The van der Waals surface area contributed by atoms with Crippen molar-refractivity contribution in [3.63, 3.8) is 0 Å². The monoisotopic (exact) mass is 485 g/mol. The maximum absolute atomic E-state index is 13.6. The van der Waals surface area contributed by atoms with E-state index in [-0.39, 0.29) is 24.7 Å². The maximum Gasteiger partial charge on any atom is 0.323 e. The summed E-state index contributed by atoms with van der Waals surface area (Å²) in [6, 6.07) is -1.54. The summed E-state index contributed by atoms with van der Waals surface area (Å²) in [5.74, 6) is -1.36. The van der Waals surface area contributed by atoms with Crippen LogP contribution in [0, 0.1) is 0 Å². The number of esters is 1. The average molecular weight is 485 g/mol. The van der Waals surface area contributed by atoms with E-state index in [0.717, 1.165) is 0 Å². The molecule has 2 heterocycles. The van der Waals surface area contributed by atoms with Gasteiger partial charge in [0, 0.05) is 6.04 Å². The first-order valence-corrected chi connectivity index (χ1v) is 12.4. The summed E-state index contributed by atoms with van der Waals surface area (Å²) in [5, 5.41) is 14.6. The Bertz CT molecular complexity index is 1010. The zero-order chi connectivity index (χ0) is 24.8. The molecule has 0 saturated heterocycles. The number of carbonyl (C=O) groups excluding carboxylic acids is 1. The van der Waals surface area contributed by atoms with Gasteiger partial charge in [0.1, 0.15) is 24.2 Å². The van der Waals surface area contributed by atoms with E-state index in [1.807, 2.05) is 0 Å². The van der Waals surface area contributed by atoms with E-state index in [2.05, 4.69) is 25.1 Å². The van der Waals surface area contributed by atoms with Crippen LogP contribution in [-0.4, -0.2) is 67.2 Å². The fraction of sp³-hybridized carbons (Fsp3) is 0.632. The van der Waals surface area contributed by atoms with Crippen LogP contribution < -0.4 is 15.9 Å². The minimum absolute atomic E-state index is 0.256. The van der Waals surface area contributed by atoms with Gasteiger partial charge in [-0.05, 0) is 34.6 Å². The van der Waals surface area contributed by atoms with E-state index in [1.165, 1.54) is 13.3 Å². The van der Waals surface area contributed by atoms with Crippen LogP contribution in [0.5, 0.6) is 0 Å². The van der Waals surface area contributed by atoms with Gasteiger partial charge in [-0.2, -0.15) is 0 Å². The van der Waals surface area contributed by atoms with Gasteiger partial charge in [0.15, 0.2) is 11.5 Å². The van der Waals surface area contributed by atoms with Crippen molar-refractivity contribution >= 4 is 36.4 Å². The molecule has 4 atom stereocenters. The maximum atomic E-state index is 13.6. The molecule has 0 radical (unpaired) electrons. The highest BCUT2D eigenvalue weighted by atomic mass is 31.2. The topological polar surface area (TPSA) is 184 Å². The predicted molar refractivity (Wildman–Crippen MR) is 121 cm³/mol. The Balaban J connectivity index is 2.08. The molecular weight excluding hydrogens is 453 g/mol. The molecule has 0 amide bonds. The number of fused-ring (bicyclic) bond motifs is 1. The summed E-state index contributed by atoms with van der Waals surface area (Å²) in [6.45, 7) is 8.64. The first-order chi connectivity index (χ1) is 15.4. The van der Waals surface area contributed by atoms with Crippen LogP contribution >= 0.6 is 7.44 Å². The molecule has 0 fully saturated rings. The Kier molecular flexibility index (Phi) is 9.29. The number of aliphatic carboxylic acids is 1. The number of nitrogens with one attached hydrogen (secondary N) is 2. The summed E-state index contributed by atoms with van der Waals surface area (Å²) in [6.07, 6.45) is 1.59. The second-order valence-corrected chi connectivity index (χ2v) is 10.4. The van der Waals surface area contributed by atoms with E-state index in [4.69, 9.17) is 20.3 Å². The summed E-state index contributed by atoms with van der Waals surface area (Å²) >= 11 is 0. The number of hydrogen-bond acceptors (Lipinski definition) is 9. The third-order valence-corrected chi connectivity index (χ3v) is 6.62. The molecule has 0 aliphatic rings. The molecule has 2 aromatic heterocycles. The van der Waals surface area contributed by atoms with Gasteiger partial charge in [-0.25, -0.2) is 25.1 Å². The van der Waals surface area contributed by atoms with Crippen LogP contribution in [0.25, 0.3) is 11.2 Å². The zero-order valence-corrected chi connectivity index (χ0v) is 20.3. The van der Waals surface area contributed by atoms with Crippen molar-refractivity contribution in [2.24, 2.45) is 0 Å². The quantitative estimate of drug-likeness (QED) is 0.236. The number of nitrogens with zero attached hydrogens (tertiary/aromatic N) is 4. The molecule has 2 aromatic rings.